The summed E-state index contributed by atoms with van der Waals surface area (Å²) in [4.78, 5) is 9.50. The number of benzene rings is 1. The maximum atomic E-state index is 4.89. The molecule has 0 saturated carbocycles. The Morgan fingerprint density at radius 2 is 2.00 bits per heavy atom. The van der Waals surface area contributed by atoms with E-state index in [0.717, 1.165) is 72.6 Å². The van der Waals surface area contributed by atoms with Gasteiger partial charge in [0.2, 0.25) is 0 Å². The molecular weight excluding hydrogens is 515 g/mol. The number of para-hydroxylation sites is 1. The number of rotatable bonds is 6. The van der Waals surface area contributed by atoms with Crippen LogP contribution in [-0.2, 0) is 25.9 Å². The first-order valence-corrected chi connectivity index (χ1v) is 11.2. The van der Waals surface area contributed by atoms with Crippen molar-refractivity contribution in [3.05, 3.63) is 58.9 Å². The Kier molecular flexibility index (Phi) is 8.27. The largest absolute Gasteiger partial charge is 0.357 e. The van der Waals surface area contributed by atoms with Gasteiger partial charge in [-0.1, -0.05) is 25.1 Å². The van der Waals surface area contributed by atoms with Crippen LogP contribution in [0.4, 0.5) is 0 Å². The number of guanidine groups is 1. The quantitative estimate of drug-likeness (QED) is 0.281. The highest BCUT2D eigenvalue weighted by atomic mass is 127. The monoisotopic (exact) mass is 548 g/mol. The fraction of sp³-hybridized carbons (Fsp3) is 0.478. The normalized spacial score (nSPS) is 15.8. The van der Waals surface area contributed by atoms with Crippen LogP contribution in [-0.4, -0.2) is 43.1 Å². The van der Waals surface area contributed by atoms with Crippen LogP contribution in [0.2, 0.25) is 0 Å². The van der Waals surface area contributed by atoms with Crippen LogP contribution in [0.3, 0.4) is 0 Å². The van der Waals surface area contributed by atoms with E-state index in [2.05, 4.69) is 70.9 Å². The lowest BCUT2D eigenvalue weighted by molar-refractivity contribution is 0.392. The molecule has 1 atom stereocenters. The maximum absolute atomic E-state index is 4.89. The van der Waals surface area contributed by atoms with Crippen molar-refractivity contribution in [1.82, 2.24) is 35.2 Å². The molecule has 1 aliphatic heterocycles. The average molecular weight is 548 g/mol. The molecule has 172 valence electrons. The predicted octanol–water partition coefficient (Wildman–Crippen LogP) is 3.33. The minimum atomic E-state index is 0. The summed E-state index contributed by atoms with van der Waals surface area (Å²) in [6, 6.07) is 10.7. The Morgan fingerprint density at radius 3 is 2.72 bits per heavy atom. The van der Waals surface area contributed by atoms with Crippen molar-refractivity contribution in [3.8, 4) is 5.69 Å². The van der Waals surface area contributed by atoms with Crippen LogP contribution in [0.5, 0.6) is 0 Å². The van der Waals surface area contributed by atoms with Gasteiger partial charge in [0.05, 0.1) is 24.5 Å². The lowest BCUT2D eigenvalue weighted by Crippen LogP contribution is -2.47. The summed E-state index contributed by atoms with van der Waals surface area (Å²) >= 11 is 0. The van der Waals surface area contributed by atoms with Crippen molar-refractivity contribution in [2.45, 2.75) is 66.1 Å². The van der Waals surface area contributed by atoms with E-state index in [0.29, 0.717) is 6.54 Å². The zero-order chi connectivity index (χ0) is 21.8. The molecule has 8 nitrogen and oxygen atoms in total. The second-order valence-corrected chi connectivity index (χ2v) is 8.02. The molecule has 3 aromatic rings. The number of aliphatic imine (C=N–C) groups is 1. The molecule has 9 heteroatoms. The first kappa shape index (κ1) is 24.2. The molecule has 1 unspecified atom stereocenters. The summed E-state index contributed by atoms with van der Waals surface area (Å²) in [6.07, 6.45) is 2.83. The second-order valence-electron chi connectivity index (χ2n) is 8.02. The van der Waals surface area contributed by atoms with E-state index in [4.69, 9.17) is 4.99 Å². The van der Waals surface area contributed by atoms with Gasteiger partial charge >= 0.3 is 0 Å². The van der Waals surface area contributed by atoms with Crippen LogP contribution in [0.25, 0.3) is 5.69 Å². The average Bonchev–Trinajstić information content (AvgIpc) is 3.33. The van der Waals surface area contributed by atoms with Gasteiger partial charge in [-0.3, -0.25) is 0 Å². The zero-order valence-electron chi connectivity index (χ0n) is 19.3. The van der Waals surface area contributed by atoms with Gasteiger partial charge < -0.3 is 10.6 Å². The molecule has 0 aliphatic carbocycles. The molecule has 0 saturated heterocycles. The summed E-state index contributed by atoms with van der Waals surface area (Å²) in [7, 11) is 0. The van der Waals surface area contributed by atoms with Crippen molar-refractivity contribution >= 4 is 29.9 Å². The van der Waals surface area contributed by atoms with Crippen LogP contribution in [0, 0.1) is 13.8 Å². The number of hydrogen-bond donors (Lipinski definition) is 2. The van der Waals surface area contributed by atoms with Crippen molar-refractivity contribution in [3.63, 3.8) is 0 Å². The van der Waals surface area contributed by atoms with Gasteiger partial charge in [-0.25, -0.2) is 19.3 Å². The van der Waals surface area contributed by atoms with Gasteiger partial charge in [-0.05, 0) is 44.9 Å². The summed E-state index contributed by atoms with van der Waals surface area (Å²) in [5.41, 5.74) is 4.35. The molecule has 0 bridgehead atoms. The molecule has 0 amide bonds. The Balaban J connectivity index is 0.00000289. The van der Waals surface area contributed by atoms with Gasteiger partial charge in [0.1, 0.15) is 5.82 Å². The van der Waals surface area contributed by atoms with E-state index in [1.807, 2.05) is 22.4 Å². The van der Waals surface area contributed by atoms with E-state index in [1.165, 1.54) is 0 Å². The summed E-state index contributed by atoms with van der Waals surface area (Å²) in [5, 5.41) is 16.3. The van der Waals surface area contributed by atoms with Crippen molar-refractivity contribution in [2.24, 2.45) is 4.99 Å². The van der Waals surface area contributed by atoms with E-state index in [-0.39, 0.29) is 30.0 Å². The van der Waals surface area contributed by atoms with E-state index >= 15 is 0 Å². The lowest BCUT2D eigenvalue weighted by atomic mass is 10.1. The number of aromatic nitrogens is 5. The number of aryl methyl sites for hydroxylation is 4. The zero-order valence-corrected chi connectivity index (χ0v) is 21.6. The van der Waals surface area contributed by atoms with Crippen LogP contribution in [0.15, 0.2) is 35.3 Å². The van der Waals surface area contributed by atoms with Gasteiger partial charge in [0, 0.05) is 31.1 Å². The maximum Gasteiger partial charge on any atom is 0.191 e. The lowest BCUT2D eigenvalue weighted by Gasteiger charge is -2.25. The highest BCUT2D eigenvalue weighted by Crippen LogP contribution is 2.18. The Morgan fingerprint density at radius 1 is 1.19 bits per heavy atom. The first-order chi connectivity index (χ1) is 15.1. The summed E-state index contributed by atoms with van der Waals surface area (Å²) in [6.45, 7) is 10.5. The molecule has 1 aromatic carbocycles. The summed E-state index contributed by atoms with van der Waals surface area (Å²) in [5.74, 6) is 2.85. The van der Waals surface area contributed by atoms with Gasteiger partial charge in [0.25, 0.3) is 0 Å². The minimum Gasteiger partial charge on any atom is -0.357 e. The van der Waals surface area contributed by atoms with Gasteiger partial charge in [-0.15, -0.1) is 24.0 Å². The van der Waals surface area contributed by atoms with Crippen LogP contribution >= 0.6 is 24.0 Å². The molecule has 2 aromatic heterocycles. The third-order valence-corrected chi connectivity index (χ3v) is 5.54. The molecule has 32 heavy (non-hydrogen) atoms. The Labute approximate surface area is 206 Å². The highest BCUT2D eigenvalue weighted by molar-refractivity contribution is 14.0. The molecule has 0 radical (unpaired) electrons. The molecule has 3 heterocycles. The smallest absolute Gasteiger partial charge is 0.191 e. The third kappa shape index (κ3) is 5.48. The topological polar surface area (TPSA) is 84.9 Å². The fourth-order valence-corrected chi connectivity index (χ4v) is 4.03. The molecule has 0 fully saturated rings. The molecule has 1 aliphatic rings. The third-order valence-electron chi connectivity index (χ3n) is 5.54. The number of fused-ring (bicyclic) bond motifs is 1. The molecule has 4 rings (SSSR count). The van der Waals surface area contributed by atoms with Crippen LogP contribution in [0.1, 0.15) is 48.9 Å². The Hall–Kier alpha value is -2.43. The van der Waals surface area contributed by atoms with Crippen molar-refractivity contribution < 1.29 is 0 Å². The molecule has 2 N–H and O–H groups in total. The van der Waals surface area contributed by atoms with E-state index in [1.54, 1.807) is 0 Å². The predicted molar refractivity (Wildman–Crippen MR) is 138 cm³/mol. The van der Waals surface area contributed by atoms with Crippen molar-refractivity contribution in [1.29, 1.82) is 0 Å². The Bertz CT molecular complexity index is 1070. The molecule has 0 spiro atoms. The standard InChI is InChI=1S/C23H32N8.HI/c1-5-21-27-22-12-11-19(15-30(22)29-21)26-23(24-6-2)25-14-18-9-7-8-10-20(18)31-17(4)13-16(3)28-31;/h7-10,13,19H,5-6,11-12,14-15H2,1-4H3,(H2,24,25,26);1H. The summed E-state index contributed by atoms with van der Waals surface area (Å²) < 4.78 is 4.04. The SMILES string of the molecule is CCNC(=NCc1ccccc1-n1nc(C)cc1C)NC1CCc2nc(CC)nn2C1.I. The van der Waals surface area contributed by atoms with Crippen LogP contribution < -0.4 is 10.6 Å². The van der Waals surface area contributed by atoms with Gasteiger partial charge in [0.15, 0.2) is 11.8 Å². The fourth-order valence-electron chi connectivity index (χ4n) is 4.03. The molecular formula is C23H33IN8. The van der Waals surface area contributed by atoms with Gasteiger partial charge in [-0.2, -0.15) is 10.2 Å². The van der Waals surface area contributed by atoms with Crippen molar-refractivity contribution in [2.75, 3.05) is 6.54 Å². The number of nitrogens with one attached hydrogen (secondary N) is 2. The number of hydrogen-bond acceptors (Lipinski definition) is 4. The first-order valence-electron chi connectivity index (χ1n) is 11.2. The minimum absolute atomic E-state index is 0. The highest BCUT2D eigenvalue weighted by Gasteiger charge is 2.22. The number of nitrogens with zero attached hydrogens (tertiary/aromatic N) is 6. The van der Waals surface area contributed by atoms with E-state index in [9.17, 15) is 0 Å². The second kappa shape index (κ2) is 10.9. The number of halogens is 1. The van der Waals surface area contributed by atoms with E-state index < -0.39 is 0 Å².